The van der Waals surface area contributed by atoms with Crippen LogP contribution in [0.25, 0.3) is 22.1 Å². The Morgan fingerprint density at radius 3 is 2.48 bits per heavy atom. The summed E-state index contributed by atoms with van der Waals surface area (Å²) in [4.78, 5) is 25.2. The van der Waals surface area contributed by atoms with Crippen molar-refractivity contribution >= 4 is 16.9 Å². The van der Waals surface area contributed by atoms with Gasteiger partial charge in [-0.25, -0.2) is 9.59 Å². The highest BCUT2D eigenvalue weighted by molar-refractivity contribution is 5.93. The molecule has 0 aliphatic carbocycles. The molecule has 4 rings (SSSR count). The zero-order valence-electron chi connectivity index (χ0n) is 15.8. The summed E-state index contributed by atoms with van der Waals surface area (Å²) >= 11 is 0. The monoisotopic (exact) mass is 386 g/mol. The van der Waals surface area contributed by atoms with Crippen molar-refractivity contribution in [2.45, 2.75) is 6.92 Å². The van der Waals surface area contributed by atoms with Crippen LogP contribution in [0.5, 0.6) is 11.5 Å². The van der Waals surface area contributed by atoms with Crippen LogP contribution in [-0.4, -0.2) is 12.6 Å². The number of hydrogen-bond donors (Lipinski definition) is 0. The van der Waals surface area contributed by atoms with E-state index in [1.807, 2.05) is 31.2 Å². The van der Waals surface area contributed by atoms with E-state index in [1.165, 1.54) is 0 Å². The molecule has 0 amide bonds. The zero-order chi connectivity index (χ0) is 20.2. The van der Waals surface area contributed by atoms with Gasteiger partial charge in [-0.05, 0) is 42.3 Å². The summed E-state index contributed by atoms with van der Waals surface area (Å²) in [6.07, 6.45) is 0. The minimum Gasteiger partial charge on any atom is -0.482 e. The molecule has 0 saturated heterocycles. The number of carbonyl (C=O) groups is 1. The van der Waals surface area contributed by atoms with Gasteiger partial charge in [0.25, 0.3) is 0 Å². The number of rotatable bonds is 5. The predicted octanol–water partition coefficient (Wildman–Crippen LogP) is 4.75. The summed E-state index contributed by atoms with van der Waals surface area (Å²) in [6, 6.07) is 23.3. The second-order valence-electron chi connectivity index (χ2n) is 6.54. The van der Waals surface area contributed by atoms with E-state index >= 15 is 0 Å². The van der Waals surface area contributed by atoms with Crippen LogP contribution in [0.3, 0.4) is 0 Å². The Morgan fingerprint density at radius 2 is 1.69 bits per heavy atom. The van der Waals surface area contributed by atoms with Gasteiger partial charge in [-0.2, -0.15) is 0 Å². The molecule has 144 valence electrons. The summed E-state index contributed by atoms with van der Waals surface area (Å²) in [7, 11) is 0. The maximum atomic E-state index is 12.7. The Morgan fingerprint density at radius 1 is 0.931 bits per heavy atom. The normalized spacial score (nSPS) is 10.7. The molecular formula is C24H18O5. The van der Waals surface area contributed by atoms with E-state index in [0.29, 0.717) is 22.3 Å². The molecule has 29 heavy (non-hydrogen) atoms. The Balaban J connectivity index is 1.70. The molecule has 3 aromatic carbocycles. The molecule has 0 unspecified atom stereocenters. The molecule has 0 N–H and O–H groups in total. The van der Waals surface area contributed by atoms with Gasteiger partial charge >= 0.3 is 11.6 Å². The summed E-state index contributed by atoms with van der Waals surface area (Å²) in [5.41, 5.74) is 1.60. The van der Waals surface area contributed by atoms with E-state index in [0.717, 1.165) is 5.56 Å². The SMILES string of the molecule is Cc1cccc(OCC(=O)Oc2c(-c3ccccc3)c(=O)oc3ccccc23)c1. The fraction of sp³-hybridized carbons (Fsp3) is 0.0833. The number of para-hydroxylation sites is 1. The average molecular weight is 386 g/mol. The molecule has 0 radical (unpaired) electrons. The van der Waals surface area contributed by atoms with Gasteiger partial charge in [0.1, 0.15) is 16.9 Å². The molecular weight excluding hydrogens is 368 g/mol. The Kier molecular flexibility index (Phi) is 5.12. The summed E-state index contributed by atoms with van der Waals surface area (Å²) < 4.78 is 16.6. The fourth-order valence-corrected chi connectivity index (χ4v) is 3.07. The van der Waals surface area contributed by atoms with Crippen molar-refractivity contribution in [1.82, 2.24) is 0 Å². The molecule has 1 heterocycles. The molecule has 0 fully saturated rings. The smallest absolute Gasteiger partial charge is 0.349 e. The average Bonchev–Trinajstić information content (AvgIpc) is 2.73. The van der Waals surface area contributed by atoms with Crippen molar-refractivity contribution in [3.05, 3.63) is 94.8 Å². The lowest BCUT2D eigenvalue weighted by molar-refractivity contribution is -0.136. The highest BCUT2D eigenvalue weighted by atomic mass is 16.6. The van der Waals surface area contributed by atoms with Crippen molar-refractivity contribution in [2.75, 3.05) is 6.61 Å². The van der Waals surface area contributed by atoms with Crippen molar-refractivity contribution in [3.8, 4) is 22.6 Å². The predicted molar refractivity (Wildman–Crippen MR) is 110 cm³/mol. The van der Waals surface area contributed by atoms with Crippen LogP contribution in [-0.2, 0) is 4.79 Å². The number of benzene rings is 3. The molecule has 0 spiro atoms. The van der Waals surface area contributed by atoms with Gasteiger partial charge in [0, 0.05) is 0 Å². The number of hydrogen-bond acceptors (Lipinski definition) is 5. The van der Waals surface area contributed by atoms with Gasteiger partial charge in [0.2, 0.25) is 0 Å². The first kappa shape index (κ1) is 18.5. The Bertz CT molecular complexity index is 1220. The van der Waals surface area contributed by atoms with Gasteiger partial charge in [-0.15, -0.1) is 0 Å². The minimum atomic E-state index is -0.612. The summed E-state index contributed by atoms with van der Waals surface area (Å²) in [5.74, 6) is 0.128. The minimum absolute atomic E-state index is 0.167. The third-order valence-corrected chi connectivity index (χ3v) is 4.39. The standard InChI is InChI=1S/C24H18O5/c1-16-8-7-11-18(14-16)27-15-21(25)29-23-19-12-5-6-13-20(19)28-24(26)22(23)17-9-3-2-4-10-17/h2-14H,15H2,1H3. The van der Waals surface area contributed by atoms with E-state index < -0.39 is 11.6 Å². The van der Waals surface area contributed by atoms with E-state index in [-0.39, 0.29) is 17.9 Å². The first-order valence-corrected chi connectivity index (χ1v) is 9.13. The molecule has 4 aromatic rings. The Hall–Kier alpha value is -3.86. The lowest BCUT2D eigenvalue weighted by atomic mass is 10.0. The van der Waals surface area contributed by atoms with Crippen LogP contribution in [0.1, 0.15) is 5.56 Å². The maximum absolute atomic E-state index is 12.7. The van der Waals surface area contributed by atoms with E-state index in [2.05, 4.69) is 0 Å². The lowest BCUT2D eigenvalue weighted by Crippen LogP contribution is -2.19. The van der Waals surface area contributed by atoms with Crippen molar-refractivity contribution in [1.29, 1.82) is 0 Å². The highest BCUT2D eigenvalue weighted by Gasteiger charge is 2.20. The number of ether oxygens (including phenoxy) is 2. The van der Waals surface area contributed by atoms with Crippen molar-refractivity contribution in [3.63, 3.8) is 0 Å². The lowest BCUT2D eigenvalue weighted by Gasteiger charge is -2.12. The number of carbonyl (C=O) groups excluding carboxylic acids is 1. The third kappa shape index (κ3) is 4.04. The van der Waals surface area contributed by atoms with Gasteiger partial charge in [0.05, 0.1) is 5.39 Å². The third-order valence-electron chi connectivity index (χ3n) is 4.39. The van der Waals surface area contributed by atoms with Crippen LogP contribution in [0.15, 0.2) is 88.1 Å². The van der Waals surface area contributed by atoms with Crippen LogP contribution >= 0.6 is 0 Å². The summed E-state index contributed by atoms with van der Waals surface area (Å²) in [5, 5.41) is 0.537. The zero-order valence-corrected chi connectivity index (χ0v) is 15.8. The van der Waals surface area contributed by atoms with Gasteiger partial charge in [-0.3, -0.25) is 0 Å². The van der Waals surface area contributed by atoms with Crippen LogP contribution in [0.4, 0.5) is 0 Å². The Labute approximate surface area is 167 Å². The van der Waals surface area contributed by atoms with E-state index in [1.54, 1.807) is 54.6 Å². The topological polar surface area (TPSA) is 65.7 Å². The fourth-order valence-electron chi connectivity index (χ4n) is 3.07. The molecule has 0 atom stereocenters. The van der Waals surface area contributed by atoms with Crippen LogP contribution in [0.2, 0.25) is 0 Å². The van der Waals surface area contributed by atoms with Gasteiger partial charge in [-0.1, -0.05) is 54.6 Å². The molecule has 5 heteroatoms. The van der Waals surface area contributed by atoms with Gasteiger partial charge in [0.15, 0.2) is 12.4 Å². The number of aryl methyl sites for hydroxylation is 1. The van der Waals surface area contributed by atoms with Crippen molar-refractivity contribution in [2.24, 2.45) is 0 Å². The van der Waals surface area contributed by atoms with Gasteiger partial charge < -0.3 is 13.9 Å². The quantitative estimate of drug-likeness (QED) is 0.366. The summed E-state index contributed by atoms with van der Waals surface area (Å²) in [6.45, 7) is 1.65. The molecule has 1 aromatic heterocycles. The number of esters is 1. The maximum Gasteiger partial charge on any atom is 0.349 e. The van der Waals surface area contributed by atoms with E-state index in [4.69, 9.17) is 13.9 Å². The van der Waals surface area contributed by atoms with E-state index in [9.17, 15) is 9.59 Å². The molecule has 0 aliphatic heterocycles. The second kappa shape index (κ2) is 8.02. The molecule has 0 bridgehead atoms. The highest BCUT2D eigenvalue weighted by Crippen LogP contribution is 2.34. The van der Waals surface area contributed by atoms with Crippen LogP contribution < -0.4 is 15.1 Å². The molecule has 0 saturated carbocycles. The van der Waals surface area contributed by atoms with Crippen LogP contribution in [0, 0.1) is 6.92 Å². The second-order valence-corrected chi connectivity index (χ2v) is 6.54. The molecule has 0 aliphatic rings. The first-order valence-electron chi connectivity index (χ1n) is 9.13. The first-order chi connectivity index (χ1) is 14.1. The van der Waals surface area contributed by atoms with Crippen molar-refractivity contribution < 1.29 is 18.7 Å². The molecule has 5 nitrogen and oxygen atoms in total. The largest absolute Gasteiger partial charge is 0.482 e. The number of fused-ring (bicyclic) bond motifs is 1.